The number of nitrogens with one attached hydrogen (secondary N) is 1. The number of carbonyl (C=O) groups excluding carboxylic acids is 1. The summed E-state index contributed by atoms with van der Waals surface area (Å²) >= 11 is 0. The molecule has 0 spiro atoms. The maximum Gasteiger partial charge on any atom is 0.416 e. The highest BCUT2D eigenvalue weighted by Crippen LogP contribution is 2.37. The van der Waals surface area contributed by atoms with Gasteiger partial charge in [-0.2, -0.15) is 26.3 Å². The molecule has 2 aromatic carbocycles. The highest BCUT2D eigenvalue weighted by atomic mass is 19.4. The van der Waals surface area contributed by atoms with E-state index in [0.29, 0.717) is 63.7 Å². The number of hydrogen-bond acceptors (Lipinski definition) is 6. The van der Waals surface area contributed by atoms with Crippen LogP contribution in [0.1, 0.15) is 40.9 Å². The van der Waals surface area contributed by atoms with Crippen LogP contribution in [0.4, 0.5) is 26.3 Å². The Hall–Kier alpha value is -3.62. The van der Waals surface area contributed by atoms with Gasteiger partial charge in [-0.05, 0) is 50.1 Å². The Kier molecular flexibility index (Phi) is 10.3. The number of fused-ring (bicyclic) bond motifs is 1. The van der Waals surface area contributed by atoms with Gasteiger partial charge in [-0.15, -0.1) is 0 Å². The Labute approximate surface area is 262 Å². The second-order valence-electron chi connectivity index (χ2n) is 11.9. The van der Waals surface area contributed by atoms with E-state index in [0.717, 1.165) is 29.6 Å². The number of hydrogen-bond donors (Lipinski definition) is 1. The van der Waals surface area contributed by atoms with Crippen LogP contribution in [0.15, 0.2) is 53.8 Å². The highest BCUT2D eigenvalue weighted by Gasteiger charge is 2.39. The third-order valence-corrected chi connectivity index (χ3v) is 8.45. The molecule has 0 aliphatic carbocycles. The molecule has 250 valence electrons. The first-order chi connectivity index (χ1) is 21.8. The molecule has 1 aromatic heterocycles. The number of amides is 1. The van der Waals surface area contributed by atoms with Crippen molar-refractivity contribution >= 4 is 22.5 Å². The quantitative estimate of drug-likeness (QED) is 0.183. The Morgan fingerprint density at radius 1 is 1.02 bits per heavy atom. The molecule has 2 fully saturated rings. The van der Waals surface area contributed by atoms with Crippen molar-refractivity contribution < 1.29 is 40.7 Å². The molecule has 46 heavy (non-hydrogen) atoms. The number of para-hydroxylation sites is 1. The Bertz CT molecular complexity index is 1500. The largest absolute Gasteiger partial charge is 0.416 e. The first-order valence-electron chi connectivity index (χ1n) is 15.1. The molecule has 2 aliphatic rings. The summed E-state index contributed by atoms with van der Waals surface area (Å²) in [7, 11) is 0. The van der Waals surface area contributed by atoms with Crippen molar-refractivity contribution in [2.24, 2.45) is 5.16 Å². The van der Waals surface area contributed by atoms with E-state index in [-0.39, 0.29) is 18.7 Å². The predicted octanol–water partition coefficient (Wildman–Crippen LogP) is 5.69. The minimum atomic E-state index is -5.06. The number of nitrogens with zero attached hydrogens (tertiary/aromatic N) is 4. The topological polar surface area (TPSA) is 73.4 Å². The molecule has 2 atom stereocenters. The number of oxime groups is 1. The molecule has 1 N–H and O–H groups in total. The first-order valence-corrected chi connectivity index (χ1v) is 15.1. The molecule has 3 heterocycles. The number of aromatic amines is 1. The van der Waals surface area contributed by atoms with Crippen LogP contribution in [0, 0.1) is 0 Å². The fourth-order valence-electron chi connectivity index (χ4n) is 6.04. The lowest BCUT2D eigenvalue weighted by Gasteiger charge is -2.41. The number of ether oxygens (including phenoxy) is 1. The van der Waals surface area contributed by atoms with Crippen LogP contribution in [-0.2, 0) is 28.3 Å². The van der Waals surface area contributed by atoms with Crippen molar-refractivity contribution in [3.63, 3.8) is 0 Å². The van der Waals surface area contributed by atoms with Crippen LogP contribution in [0.25, 0.3) is 10.9 Å². The van der Waals surface area contributed by atoms with Crippen LogP contribution in [0.3, 0.4) is 0 Å². The molecule has 1 unspecified atom stereocenters. The Morgan fingerprint density at radius 2 is 1.70 bits per heavy atom. The lowest BCUT2D eigenvalue weighted by atomic mass is 9.98. The fourth-order valence-corrected chi connectivity index (χ4v) is 6.04. The van der Waals surface area contributed by atoms with Crippen molar-refractivity contribution in [1.82, 2.24) is 19.7 Å². The SMILES string of the molecule is C/C(CN1CCN(C(=O)c2cc(C(F)(F)F)cc(C(F)(F)F)c2)[C@H](Cc2c[nH]c3ccccc23)C1)=N/OCC(C)N1CCOCC1. The van der Waals surface area contributed by atoms with Gasteiger partial charge >= 0.3 is 12.4 Å². The Balaban J connectivity index is 1.35. The minimum Gasteiger partial charge on any atom is -0.394 e. The summed E-state index contributed by atoms with van der Waals surface area (Å²) in [5.41, 5.74) is -1.24. The molecule has 2 saturated heterocycles. The van der Waals surface area contributed by atoms with Crippen LogP contribution >= 0.6 is 0 Å². The van der Waals surface area contributed by atoms with Crippen LogP contribution < -0.4 is 0 Å². The normalized spacial score (nSPS) is 19.9. The van der Waals surface area contributed by atoms with Crippen LogP contribution in [0.5, 0.6) is 0 Å². The number of piperazine rings is 1. The van der Waals surface area contributed by atoms with Gasteiger partial charge in [0.15, 0.2) is 0 Å². The molecule has 14 heteroatoms. The summed E-state index contributed by atoms with van der Waals surface area (Å²) in [5, 5.41) is 5.20. The van der Waals surface area contributed by atoms with Crippen LogP contribution in [-0.4, -0.2) is 102 Å². The monoisotopic (exact) mass is 653 g/mol. The van der Waals surface area contributed by atoms with E-state index in [1.807, 2.05) is 37.4 Å². The number of rotatable bonds is 9. The third-order valence-electron chi connectivity index (χ3n) is 8.45. The summed E-state index contributed by atoms with van der Waals surface area (Å²) < 4.78 is 86.9. The van der Waals surface area contributed by atoms with Gasteiger partial charge in [0.25, 0.3) is 5.91 Å². The maximum absolute atomic E-state index is 13.7. The second-order valence-corrected chi connectivity index (χ2v) is 11.9. The number of morpholine rings is 1. The highest BCUT2D eigenvalue weighted by molar-refractivity contribution is 5.95. The van der Waals surface area contributed by atoms with Crippen molar-refractivity contribution in [2.45, 2.75) is 44.7 Å². The molecule has 0 radical (unpaired) electrons. The fraction of sp³-hybridized carbons (Fsp3) is 0.500. The summed E-state index contributed by atoms with van der Waals surface area (Å²) in [6.07, 6.45) is -7.97. The Morgan fingerprint density at radius 3 is 2.37 bits per heavy atom. The van der Waals surface area contributed by atoms with Crippen molar-refractivity contribution in [1.29, 1.82) is 0 Å². The summed E-state index contributed by atoms with van der Waals surface area (Å²) in [6, 6.07) is 8.21. The average Bonchev–Trinajstić information content (AvgIpc) is 3.43. The molecule has 0 saturated carbocycles. The molecule has 5 rings (SSSR count). The molecular weight excluding hydrogens is 616 g/mol. The zero-order valence-corrected chi connectivity index (χ0v) is 25.6. The van der Waals surface area contributed by atoms with E-state index < -0.39 is 41.0 Å². The van der Waals surface area contributed by atoms with Gasteiger partial charge in [0.2, 0.25) is 0 Å². The van der Waals surface area contributed by atoms with E-state index in [2.05, 4.69) is 26.9 Å². The van der Waals surface area contributed by atoms with Gasteiger partial charge in [-0.3, -0.25) is 14.6 Å². The standard InChI is InChI=1S/C32H37F6N5O3/c1-21(40-46-20-22(2)42-9-11-45-12-10-42)18-41-7-8-43(27(19-41)15-24-17-39-29-6-4-3-5-28(24)29)30(44)23-13-25(31(33,34)35)16-26(14-23)32(36,37)38/h3-6,13-14,16-17,22,27,39H,7-12,15,18-20H2,1-2H3/b40-21-/t22?,27-/m1/s1. The molecule has 1 amide bonds. The zero-order chi connectivity index (χ0) is 33.1. The van der Waals surface area contributed by atoms with E-state index >= 15 is 0 Å². The van der Waals surface area contributed by atoms with Crippen molar-refractivity contribution in [2.75, 3.05) is 59.1 Å². The second kappa shape index (κ2) is 14.0. The predicted molar refractivity (Wildman–Crippen MR) is 161 cm³/mol. The van der Waals surface area contributed by atoms with E-state index in [9.17, 15) is 31.1 Å². The number of alkyl halides is 6. The minimum absolute atomic E-state index is 0.0318. The number of benzene rings is 2. The smallest absolute Gasteiger partial charge is 0.394 e. The van der Waals surface area contributed by atoms with Gasteiger partial charge in [0.1, 0.15) is 6.61 Å². The van der Waals surface area contributed by atoms with Gasteiger partial charge in [0.05, 0.1) is 30.1 Å². The summed E-state index contributed by atoms with van der Waals surface area (Å²) in [6.45, 7) is 8.49. The average molecular weight is 654 g/mol. The number of H-pyrrole nitrogens is 1. The number of aromatic nitrogens is 1. The number of carbonyl (C=O) groups is 1. The van der Waals surface area contributed by atoms with E-state index in [4.69, 9.17) is 9.57 Å². The van der Waals surface area contributed by atoms with Crippen molar-refractivity contribution in [3.8, 4) is 0 Å². The zero-order valence-electron chi connectivity index (χ0n) is 25.6. The van der Waals surface area contributed by atoms with E-state index in [1.54, 1.807) is 0 Å². The summed E-state index contributed by atoms with van der Waals surface area (Å²) in [4.78, 5) is 28.3. The van der Waals surface area contributed by atoms with Gasteiger partial charge in [0, 0.05) is 74.0 Å². The molecule has 3 aromatic rings. The third kappa shape index (κ3) is 8.20. The van der Waals surface area contributed by atoms with Crippen LogP contribution in [0.2, 0.25) is 0 Å². The first kappa shape index (κ1) is 33.7. The van der Waals surface area contributed by atoms with E-state index in [1.165, 1.54) is 4.90 Å². The van der Waals surface area contributed by atoms with Gasteiger partial charge in [-0.25, -0.2) is 0 Å². The van der Waals surface area contributed by atoms with Crippen molar-refractivity contribution in [3.05, 3.63) is 70.9 Å². The lowest BCUT2D eigenvalue weighted by molar-refractivity contribution is -0.143. The van der Waals surface area contributed by atoms with Gasteiger partial charge < -0.3 is 19.5 Å². The van der Waals surface area contributed by atoms with Gasteiger partial charge in [-0.1, -0.05) is 23.4 Å². The number of halogens is 6. The molecular formula is C32H37F6N5O3. The molecule has 8 nitrogen and oxygen atoms in total. The maximum atomic E-state index is 13.7. The molecule has 2 aliphatic heterocycles. The molecule has 0 bridgehead atoms. The summed E-state index contributed by atoms with van der Waals surface area (Å²) in [5.74, 6) is -0.882. The lowest BCUT2D eigenvalue weighted by Crippen LogP contribution is -2.56.